The van der Waals surface area contributed by atoms with E-state index < -0.39 is 0 Å². The Bertz CT molecular complexity index is 547. The van der Waals surface area contributed by atoms with Gasteiger partial charge in [0, 0.05) is 12.7 Å². The SMILES string of the molecule is Cc1cccc(C(=O)N(C)Cc2ccco2)c1N. The predicted molar refractivity (Wildman–Crippen MR) is 70.1 cm³/mol. The average molecular weight is 244 g/mol. The van der Waals surface area contributed by atoms with Gasteiger partial charge in [-0.25, -0.2) is 0 Å². The number of benzene rings is 1. The molecule has 1 aromatic carbocycles. The van der Waals surface area contributed by atoms with Crippen molar-refractivity contribution in [3.05, 3.63) is 53.5 Å². The predicted octanol–water partition coefficient (Wildman–Crippen LogP) is 2.44. The highest BCUT2D eigenvalue weighted by Crippen LogP contribution is 2.18. The molecule has 4 heteroatoms. The van der Waals surface area contributed by atoms with Crippen molar-refractivity contribution in [3.8, 4) is 0 Å². The van der Waals surface area contributed by atoms with Crippen LogP contribution in [0.25, 0.3) is 0 Å². The molecule has 0 saturated heterocycles. The Labute approximate surface area is 106 Å². The van der Waals surface area contributed by atoms with E-state index >= 15 is 0 Å². The monoisotopic (exact) mass is 244 g/mol. The third kappa shape index (κ3) is 2.37. The number of para-hydroxylation sites is 1. The third-order valence-electron chi connectivity index (χ3n) is 2.87. The normalized spacial score (nSPS) is 10.3. The number of furan rings is 1. The van der Waals surface area contributed by atoms with Crippen LogP contribution in [0.15, 0.2) is 41.0 Å². The molecule has 0 spiro atoms. The lowest BCUT2D eigenvalue weighted by molar-refractivity contribution is 0.0776. The molecule has 0 bridgehead atoms. The maximum Gasteiger partial charge on any atom is 0.256 e. The number of hydrogen-bond donors (Lipinski definition) is 1. The summed E-state index contributed by atoms with van der Waals surface area (Å²) in [6, 6.07) is 9.10. The topological polar surface area (TPSA) is 59.5 Å². The summed E-state index contributed by atoms with van der Waals surface area (Å²) in [5.41, 5.74) is 7.90. The second kappa shape index (κ2) is 4.96. The number of nitrogen functional groups attached to an aromatic ring is 1. The van der Waals surface area contributed by atoms with Gasteiger partial charge in [-0.3, -0.25) is 4.79 Å². The van der Waals surface area contributed by atoms with Crippen molar-refractivity contribution in [2.24, 2.45) is 0 Å². The Morgan fingerprint density at radius 1 is 1.33 bits per heavy atom. The molecule has 0 atom stereocenters. The van der Waals surface area contributed by atoms with Crippen molar-refractivity contribution in [2.45, 2.75) is 13.5 Å². The first kappa shape index (κ1) is 12.2. The number of carbonyl (C=O) groups excluding carboxylic acids is 1. The van der Waals surface area contributed by atoms with Gasteiger partial charge in [-0.1, -0.05) is 12.1 Å². The summed E-state index contributed by atoms with van der Waals surface area (Å²) in [6.45, 7) is 2.32. The zero-order chi connectivity index (χ0) is 13.1. The minimum absolute atomic E-state index is 0.104. The van der Waals surface area contributed by atoms with Gasteiger partial charge in [0.25, 0.3) is 5.91 Å². The summed E-state index contributed by atoms with van der Waals surface area (Å²) in [7, 11) is 1.73. The minimum atomic E-state index is -0.104. The van der Waals surface area contributed by atoms with E-state index in [0.717, 1.165) is 11.3 Å². The molecule has 0 saturated carbocycles. The number of hydrogen-bond acceptors (Lipinski definition) is 3. The van der Waals surface area contributed by atoms with Gasteiger partial charge in [0.1, 0.15) is 5.76 Å². The number of rotatable bonds is 3. The third-order valence-corrected chi connectivity index (χ3v) is 2.87. The molecule has 1 heterocycles. The fraction of sp³-hybridized carbons (Fsp3) is 0.214. The van der Waals surface area contributed by atoms with Crippen LogP contribution >= 0.6 is 0 Å². The van der Waals surface area contributed by atoms with Crippen molar-refractivity contribution < 1.29 is 9.21 Å². The smallest absolute Gasteiger partial charge is 0.256 e. The van der Waals surface area contributed by atoms with Crippen LogP contribution in [0.2, 0.25) is 0 Å². The standard InChI is InChI=1S/C14H16N2O2/c1-10-5-3-7-12(13(10)15)14(17)16(2)9-11-6-4-8-18-11/h3-8H,9,15H2,1-2H3. The van der Waals surface area contributed by atoms with Crippen LogP contribution in [0.5, 0.6) is 0 Å². The molecule has 1 aromatic heterocycles. The summed E-state index contributed by atoms with van der Waals surface area (Å²) in [4.78, 5) is 13.8. The molecule has 0 fully saturated rings. The van der Waals surface area contributed by atoms with Gasteiger partial charge < -0.3 is 15.1 Å². The molecule has 2 N–H and O–H groups in total. The molecule has 2 rings (SSSR count). The molecular formula is C14H16N2O2. The van der Waals surface area contributed by atoms with Crippen molar-refractivity contribution in [3.63, 3.8) is 0 Å². The number of carbonyl (C=O) groups is 1. The lowest BCUT2D eigenvalue weighted by atomic mass is 10.1. The van der Waals surface area contributed by atoms with Gasteiger partial charge in [-0.2, -0.15) is 0 Å². The number of anilines is 1. The highest BCUT2D eigenvalue weighted by Gasteiger charge is 2.16. The van der Waals surface area contributed by atoms with Crippen LogP contribution in [0.4, 0.5) is 5.69 Å². The molecule has 0 aliphatic carbocycles. The lowest BCUT2D eigenvalue weighted by Crippen LogP contribution is -2.27. The number of nitrogens with zero attached hydrogens (tertiary/aromatic N) is 1. The lowest BCUT2D eigenvalue weighted by Gasteiger charge is -2.17. The maximum atomic E-state index is 12.2. The van der Waals surface area contributed by atoms with Crippen molar-refractivity contribution in [1.82, 2.24) is 4.90 Å². The fourth-order valence-electron chi connectivity index (χ4n) is 1.78. The van der Waals surface area contributed by atoms with Crippen molar-refractivity contribution in [2.75, 3.05) is 12.8 Å². The Morgan fingerprint density at radius 3 is 2.78 bits per heavy atom. The van der Waals surface area contributed by atoms with Crippen molar-refractivity contribution in [1.29, 1.82) is 0 Å². The van der Waals surface area contributed by atoms with Gasteiger partial charge in [0.2, 0.25) is 0 Å². The minimum Gasteiger partial charge on any atom is -0.467 e. The maximum absolute atomic E-state index is 12.2. The molecular weight excluding hydrogens is 228 g/mol. The Kier molecular flexibility index (Phi) is 3.37. The molecule has 1 amide bonds. The summed E-state index contributed by atoms with van der Waals surface area (Å²) < 4.78 is 5.22. The van der Waals surface area contributed by atoms with E-state index in [0.29, 0.717) is 17.8 Å². The van der Waals surface area contributed by atoms with Crippen LogP contribution in [0.1, 0.15) is 21.7 Å². The fourth-order valence-corrected chi connectivity index (χ4v) is 1.78. The largest absolute Gasteiger partial charge is 0.467 e. The van der Waals surface area contributed by atoms with Crippen LogP contribution in [0, 0.1) is 6.92 Å². The Balaban J connectivity index is 2.18. The summed E-state index contributed by atoms with van der Waals surface area (Å²) in [5, 5.41) is 0. The quantitative estimate of drug-likeness (QED) is 0.844. The molecule has 0 unspecified atom stereocenters. The van der Waals surface area contributed by atoms with E-state index in [4.69, 9.17) is 10.2 Å². The van der Waals surface area contributed by atoms with E-state index in [-0.39, 0.29) is 5.91 Å². The molecule has 0 aliphatic heterocycles. The first-order chi connectivity index (χ1) is 8.59. The molecule has 2 aromatic rings. The first-order valence-corrected chi connectivity index (χ1v) is 5.72. The summed E-state index contributed by atoms with van der Waals surface area (Å²) >= 11 is 0. The molecule has 0 radical (unpaired) electrons. The van der Waals surface area contributed by atoms with E-state index in [1.807, 2.05) is 25.1 Å². The van der Waals surface area contributed by atoms with Crippen LogP contribution in [-0.2, 0) is 6.54 Å². The van der Waals surface area contributed by atoms with Gasteiger partial charge in [-0.05, 0) is 30.7 Å². The van der Waals surface area contributed by atoms with Crippen LogP contribution in [-0.4, -0.2) is 17.9 Å². The van der Waals surface area contributed by atoms with E-state index in [2.05, 4.69) is 0 Å². The Hall–Kier alpha value is -2.23. The second-order valence-corrected chi connectivity index (χ2v) is 4.28. The van der Waals surface area contributed by atoms with Crippen molar-refractivity contribution >= 4 is 11.6 Å². The number of nitrogens with two attached hydrogens (primary N) is 1. The number of aryl methyl sites for hydroxylation is 1. The van der Waals surface area contributed by atoms with Crippen LogP contribution < -0.4 is 5.73 Å². The summed E-state index contributed by atoms with van der Waals surface area (Å²) in [6.07, 6.45) is 1.59. The first-order valence-electron chi connectivity index (χ1n) is 5.72. The van der Waals surface area contributed by atoms with Crippen LogP contribution in [0.3, 0.4) is 0 Å². The van der Waals surface area contributed by atoms with Gasteiger partial charge >= 0.3 is 0 Å². The number of amides is 1. The van der Waals surface area contributed by atoms with E-state index in [1.165, 1.54) is 0 Å². The van der Waals surface area contributed by atoms with Gasteiger partial charge in [0.05, 0.1) is 18.4 Å². The second-order valence-electron chi connectivity index (χ2n) is 4.28. The zero-order valence-corrected chi connectivity index (χ0v) is 10.5. The highest BCUT2D eigenvalue weighted by molar-refractivity contribution is 5.99. The highest BCUT2D eigenvalue weighted by atomic mass is 16.3. The molecule has 4 nitrogen and oxygen atoms in total. The molecule has 18 heavy (non-hydrogen) atoms. The van der Waals surface area contributed by atoms with Gasteiger partial charge in [0.15, 0.2) is 0 Å². The van der Waals surface area contributed by atoms with Gasteiger partial charge in [-0.15, -0.1) is 0 Å². The average Bonchev–Trinajstić information content (AvgIpc) is 2.84. The van der Waals surface area contributed by atoms with E-state index in [1.54, 1.807) is 30.3 Å². The van der Waals surface area contributed by atoms with E-state index in [9.17, 15) is 4.79 Å². The molecule has 0 aliphatic rings. The Morgan fingerprint density at radius 2 is 2.11 bits per heavy atom. The summed E-state index contributed by atoms with van der Waals surface area (Å²) in [5.74, 6) is 0.643. The zero-order valence-electron chi connectivity index (χ0n) is 10.5. The molecule has 94 valence electrons.